The summed E-state index contributed by atoms with van der Waals surface area (Å²) >= 11 is 1.27. The number of ether oxygens (including phenoxy) is 2. The number of carbonyl (C=O) groups excluding carboxylic acids is 1. The highest BCUT2D eigenvalue weighted by Crippen LogP contribution is 2.29. The topological polar surface area (TPSA) is 60.5 Å². The minimum absolute atomic E-state index is 0.313. The molecule has 26 heavy (non-hydrogen) atoms. The van der Waals surface area contributed by atoms with E-state index in [0.717, 1.165) is 0 Å². The first-order valence-corrected chi connectivity index (χ1v) is 8.82. The van der Waals surface area contributed by atoms with Crippen molar-refractivity contribution in [3.05, 3.63) is 59.2 Å². The van der Waals surface area contributed by atoms with Crippen LogP contribution in [0.5, 0.6) is 11.5 Å². The molecule has 7 heteroatoms. The molecule has 1 amide bonds. The third-order valence-electron chi connectivity index (χ3n) is 3.57. The Labute approximate surface area is 154 Å². The van der Waals surface area contributed by atoms with E-state index < -0.39 is 0 Å². The number of hydrogen-bond donors (Lipinski definition) is 1. The van der Waals surface area contributed by atoms with Gasteiger partial charge in [-0.15, -0.1) is 11.3 Å². The predicted octanol–water partition coefficient (Wildman–Crippen LogP) is 4.61. The molecule has 0 fully saturated rings. The summed E-state index contributed by atoms with van der Waals surface area (Å²) in [5.41, 5.74) is 1.69. The number of anilines is 1. The van der Waals surface area contributed by atoms with E-state index in [4.69, 9.17) is 9.47 Å². The van der Waals surface area contributed by atoms with Gasteiger partial charge in [-0.2, -0.15) is 0 Å². The van der Waals surface area contributed by atoms with E-state index in [1.165, 1.54) is 30.6 Å². The van der Waals surface area contributed by atoms with Crippen LogP contribution in [0, 0.1) is 5.82 Å². The third-order valence-corrected chi connectivity index (χ3v) is 4.33. The molecule has 1 N–H and O–H groups in total. The standard InChI is InChI=1S/C19H17FN2O3S/c1-3-25-16-8-7-13(10-17(16)24-2)18(23)22-19-21-15(11-26-19)12-5-4-6-14(20)9-12/h4-11H,3H2,1-2H3,(H,21,22,23). The van der Waals surface area contributed by atoms with Crippen LogP contribution in [0.4, 0.5) is 9.52 Å². The van der Waals surface area contributed by atoms with Crippen molar-refractivity contribution in [1.82, 2.24) is 4.98 Å². The van der Waals surface area contributed by atoms with Crippen molar-refractivity contribution >= 4 is 22.4 Å². The lowest BCUT2D eigenvalue weighted by Crippen LogP contribution is -2.12. The second-order valence-electron chi connectivity index (χ2n) is 5.30. The second-order valence-corrected chi connectivity index (χ2v) is 6.16. The Morgan fingerprint density at radius 3 is 2.81 bits per heavy atom. The molecular formula is C19H17FN2O3S. The molecule has 0 aliphatic heterocycles. The van der Waals surface area contributed by atoms with Crippen LogP contribution in [0.3, 0.4) is 0 Å². The van der Waals surface area contributed by atoms with E-state index in [1.54, 1.807) is 35.7 Å². The molecular weight excluding hydrogens is 355 g/mol. The van der Waals surface area contributed by atoms with Crippen molar-refractivity contribution in [2.24, 2.45) is 0 Å². The van der Waals surface area contributed by atoms with Gasteiger partial charge in [0.25, 0.3) is 5.91 Å². The Balaban J connectivity index is 1.76. The molecule has 0 aliphatic carbocycles. The zero-order valence-electron chi connectivity index (χ0n) is 14.3. The Kier molecular flexibility index (Phi) is 5.48. The first-order valence-electron chi connectivity index (χ1n) is 7.94. The lowest BCUT2D eigenvalue weighted by molar-refractivity contribution is 0.102. The number of methoxy groups -OCH3 is 1. The van der Waals surface area contributed by atoms with E-state index in [0.29, 0.717) is 40.1 Å². The zero-order chi connectivity index (χ0) is 18.5. The quantitative estimate of drug-likeness (QED) is 0.686. The fraction of sp³-hybridized carbons (Fsp3) is 0.158. The highest BCUT2D eigenvalue weighted by atomic mass is 32.1. The molecule has 3 aromatic rings. The molecule has 0 unspecified atom stereocenters. The SMILES string of the molecule is CCOc1ccc(C(=O)Nc2nc(-c3cccc(F)c3)cs2)cc1OC. The normalized spacial score (nSPS) is 10.4. The van der Waals surface area contributed by atoms with Crippen molar-refractivity contribution < 1.29 is 18.7 Å². The first-order chi connectivity index (χ1) is 12.6. The van der Waals surface area contributed by atoms with E-state index in [-0.39, 0.29) is 11.7 Å². The van der Waals surface area contributed by atoms with Crippen LogP contribution < -0.4 is 14.8 Å². The molecule has 0 bridgehead atoms. The molecule has 134 valence electrons. The fourth-order valence-corrected chi connectivity index (χ4v) is 3.08. The van der Waals surface area contributed by atoms with Crippen LogP contribution in [0.15, 0.2) is 47.8 Å². The van der Waals surface area contributed by atoms with Crippen LogP contribution in [-0.2, 0) is 0 Å². The molecule has 0 aliphatic rings. The highest BCUT2D eigenvalue weighted by molar-refractivity contribution is 7.14. The Bertz CT molecular complexity index is 927. The minimum atomic E-state index is -0.331. The smallest absolute Gasteiger partial charge is 0.257 e. The van der Waals surface area contributed by atoms with Gasteiger partial charge in [0.2, 0.25) is 0 Å². The first kappa shape index (κ1) is 17.9. The molecule has 5 nitrogen and oxygen atoms in total. The van der Waals surface area contributed by atoms with E-state index in [2.05, 4.69) is 10.3 Å². The molecule has 0 saturated heterocycles. The number of nitrogens with one attached hydrogen (secondary N) is 1. The Morgan fingerprint density at radius 2 is 2.08 bits per heavy atom. The summed E-state index contributed by atoms with van der Waals surface area (Å²) < 4.78 is 24.0. The Morgan fingerprint density at radius 1 is 1.23 bits per heavy atom. The number of rotatable bonds is 6. The summed E-state index contributed by atoms with van der Waals surface area (Å²) in [4.78, 5) is 16.8. The van der Waals surface area contributed by atoms with Gasteiger partial charge in [0.1, 0.15) is 5.82 Å². The van der Waals surface area contributed by atoms with Gasteiger partial charge in [-0.1, -0.05) is 12.1 Å². The molecule has 3 rings (SSSR count). The number of amides is 1. The summed E-state index contributed by atoms with van der Waals surface area (Å²) in [6.45, 7) is 2.38. The van der Waals surface area contributed by atoms with Gasteiger partial charge >= 0.3 is 0 Å². The van der Waals surface area contributed by atoms with Gasteiger partial charge in [0.15, 0.2) is 16.6 Å². The Hall–Kier alpha value is -2.93. The zero-order valence-corrected chi connectivity index (χ0v) is 15.1. The lowest BCUT2D eigenvalue weighted by Gasteiger charge is -2.10. The summed E-state index contributed by atoms with van der Waals surface area (Å²) in [6.07, 6.45) is 0. The van der Waals surface area contributed by atoms with Crippen LogP contribution >= 0.6 is 11.3 Å². The lowest BCUT2D eigenvalue weighted by atomic mass is 10.2. The van der Waals surface area contributed by atoms with Gasteiger partial charge < -0.3 is 9.47 Å². The maximum absolute atomic E-state index is 13.3. The predicted molar refractivity (Wildman–Crippen MR) is 99.6 cm³/mol. The van der Waals surface area contributed by atoms with Gasteiger partial charge in [-0.25, -0.2) is 9.37 Å². The van der Waals surface area contributed by atoms with Crippen LogP contribution in [0.25, 0.3) is 11.3 Å². The van der Waals surface area contributed by atoms with Crippen LogP contribution in [0.1, 0.15) is 17.3 Å². The number of hydrogen-bond acceptors (Lipinski definition) is 5. The number of benzene rings is 2. The maximum atomic E-state index is 13.3. The van der Waals surface area contributed by atoms with Crippen molar-refractivity contribution in [1.29, 1.82) is 0 Å². The number of carbonyl (C=O) groups is 1. The third kappa shape index (κ3) is 4.00. The molecule has 0 atom stereocenters. The summed E-state index contributed by atoms with van der Waals surface area (Å²) in [5.74, 6) is 0.419. The molecule has 0 saturated carbocycles. The van der Waals surface area contributed by atoms with E-state index in [1.807, 2.05) is 6.92 Å². The second kappa shape index (κ2) is 7.97. The van der Waals surface area contributed by atoms with Gasteiger partial charge in [0, 0.05) is 16.5 Å². The molecule has 0 spiro atoms. The van der Waals surface area contributed by atoms with Crippen LogP contribution in [0.2, 0.25) is 0 Å². The summed E-state index contributed by atoms with van der Waals surface area (Å²) in [5, 5.41) is 4.94. The summed E-state index contributed by atoms with van der Waals surface area (Å²) in [6, 6.07) is 11.1. The van der Waals surface area contributed by atoms with Crippen molar-refractivity contribution in [2.75, 3.05) is 19.0 Å². The number of thiazole rings is 1. The molecule has 1 heterocycles. The van der Waals surface area contributed by atoms with Crippen molar-refractivity contribution in [3.8, 4) is 22.8 Å². The summed E-state index contributed by atoms with van der Waals surface area (Å²) in [7, 11) is 1.52. The number of nitrogens with zero attached hydrogens (tertiary/aromatic N) is 1. The van der Waals surface area contributed by atoms with Gasteiger partial charge in [-0.05, 0) is 37.3 Å². The molecule has 0 radical (unpaired) electrons. The van der Waals surface area contributed by atoms with Crippen molar-refractivity contribution in [2.45, 2.75) is 6.92 Å². The van der Waals surface area contributed by atoms with Crippen LogP contribution in [-0.4, -0.2) is 24.6 Å². The maximum Gasteiger partial charge on any atom is 0.257 e. The van der Waals surface area contributed by atoms with E-state index in [9.17, 15) is 9.18 Å². The minimum Gasteiger partial charge on any atom is -0.493 e. The highest BCUT2D eigenvalue weighted by Gasteiger charge is 2.13. The molecule has 2 aromatic carbocycles. The van der Waals surface area contributed by atoms with Gasteiger partial charge in [0.05, 0.1) is 19.4 Å². The van der Waals surface area contributed by atoms with Gasteiger partial charge in [-0.3, -0.25) is 10.1 Å². The number of aromatic nitrogens is 1. The fourth-order valence-electron chi connectivity index (χ4n) is 2.36. The molecule has 1 aromatic heterocycles. The average molecular weight is 372 g/mol. The number of halogens is 1. The van der Waals surface area contributed by atoms with Crippen molar-refractivity contribution in [3.63, 3.8) is 0 Å². The largest absolute Gasteiger partial charge is 0.493 e. The average Bonchev–Trinajstić information content (AvgIpc) is 3.10. The van der Waals surface area contributed by atoms with E-state index >= 15 is 0 Å². The monoisotopic (exact) mass is 372 g/mol.